The molecule has 2 heterocycles. The van der Waals surface area contributed by atoms with E-state index in [4.69, 9.17) is 34.8 Å². The quantitative estimate of drug-likeness (QED) is 0.340. The first-order valence-corrected chi connectivity index (χ1v) is 13.3. The van der Waals surface area contributed by atoms with E-state index in [2.05, 4.69) is 0 Å². The number of amides is 1. The molecule has 176 valence electrons. The van der Waals surface area contributed by atoms with Crippen LogP contribution in [0.2, 0.25) is 0 Å². The Morgan fingerprint density at radius 3 is 2.24 bits per heavy atom. The van der Waals surface area contributed by atoms with Gasteiger partial charge in [0, 0.05) is 13.1 Å². The van der Waals surface area contributed by atoms with Crippen molar-refractivity contribution >= 4 is 56.4 Å². The second-order valence-corrected chi connectivity index (χ2v) is 12.2. The molecule has 0 bridgehead atoms. The molecule has 1 saturated heterocycles. The first-order chi connectivity index (χ1) is 16.1. The lowest BCUT2D eigenvalue weighted by Crippen LogP contribution is -2.53. The first kappa shape index (κ1) is 23.5. The maximum Gasteiger partial charge on any atom is 0.265 e. The van der Waals surface area contributed by atoms with Crippen LogP contribution in [0.5, 0.6) is 0 Å². The predicted molar refractivity (Wildman–Crippen MR) is 135 cm³/mol. The SMILES string of the molecule is Cc1ccc(S(=O)(=O)N2c3ccccc3C3(CN(Cc4ccccc4)C(=O)C3(Cl)Cl)C2Cl)cc1. The Labute approximate surface area is 213 Å². The number of alkyl halides is 3. The van der Waals surface area contributed by atoms with Gasteiger partial charge in [-0.15, -0.1) is 0 Å². The second-order valence-electron chi connectivity index (χ2n) is 8.66. The molecule has 3 aromatic carbocycles. The highest BCUT2D eigenvalue weighted by atomic mass is 35.5. The Hall–Kier alpha value is -2.25. The van der Waals surface area contributed by atoms with Crippen molar-refractivity contribution in [2.75, 3.05) is 10.8 Å². The van der Waals surface area contributed by atoms with Gasteiger partial charge in [0.05, 0.1) is 16.0 Å². The fourth-order valence-corrected chi connectivity index (χ4v) is 8.04. The zero-order valence-electron chi connectivity index (χ0n) is 18.2. The number of benzene rings is 3. The maximum absolute atomic E-state index is 13.8. The molecule has 1 spiro atoms. The van der Waals surface area contributed by atoms with Crippen LogP contribution in [-0.4, -0.2) is 35.6 Å². The van der Waals surface area contributed by atoms with Gasteiger partial charge in [0.15, 0.2) is 0 Å². The molecule has 9 heteroatoms. The number of carbonyl (C=O) groups is 1. The summed E-state index contributed by atoms with van der Waals surface area (Å²) in [5.74, 6) is -0.505. The van der Waals surface area contributed by atoms with Crippen molar-refractivity contribution in [3.8, 4) is 0 Å². The third kappa shape index (κ3) is 3.27. The van der Waals surface area contributed by atoms with Gasteiger partial charge in [0.25, 0.3) is 15.9 Å². The summed E-state index contributed by atoms with van der Waals surface area (Å²) in [5, 5.41) is 0. The van der Waals surface area contributed by atoms with Crippen molar-refractivity contribution in [1.82, 2.24) is 4.90 Å². The van der Waals surface area contributed by atoms with E-state index < -0.39 is 31.2 Å². The van der Waals surface area contributed by atoms with Crippen LogP contribution in [0.4, 0.5) is 5.69 Å². The van der Waals surface area contributed by atoms with E-state index in [0.29, 0.717) is 11.3 Å². The highest BCUT2D eigenvalue weighted by Gasteiger charge is 2.72. The molecule has 3 aromatic rings. The van der Waals surface area contributed by atoms with Crippen molar-refractivity contribution < 1.29 is 13.2 Å². The van der Waals surface area contributed by atoms with Gasteiger partial charge in [0.1, 0.15) is 5.50 Å². The average Bonchev–Trinajstić information content (AvgIpc) is 3.19. The summed E-state index contributed by atoms with van der Waals surface area (Å²) >= 11 is 20.6. The Morgan fingerprint density at radius 2 is 1.56 bits per heavy atom. The van der Waals surface area contributed by atoms with E-state index in [0.717, 1.165) is 15.4 Å². The fourth-order valence-electron chi connectivity index (χ4n) is 4.84. The molecule has 5 nitrogen and oxygen atoms in total. The highest BCUT2D eigenvalue weighted by Crippen LogP contribution is 2.61. The number of fused-ring (bicyclic) bond motifs is 2. The minimum Gasteiger partial charge on any atom is -0.335 e. The molecule has 2 aliphatic rings. The normalized spacial score (nSPS) is 23.5. The Balaban J connectivity index is 1.64. The molecule has 0 aliphatic carbocycles. The number of halogens is 3. The fraction of sp³-hybridized carbons (Fsp3) is 0.240. The van der Waals surface area contributed by atoms with Gasteiger partial charge in [-0.1, -0.05) is 101 Å². The molecule has 0 saturated carbocycles. The summed E-state index contributed by atoms with van der Waals surface area (Å²) in [4.78, 5) is 15.1. The summed E-state index contributed by atoms with van der Waals surface area (Å²) < 4.78 is 26.7. The molecular weight excluding hydrogens is 515 g/mol. The molecule has 1 amide bonds. The molecule has 2 unspecified atom stereocenters. The largest absolute Gasteiger partial charge is 0.335 e. The van der Waals surface area contributed by atoms with E-state index in [1.807, 2.05) is 37.3 Å². The Kier molecular flexibility index (Phi) is 5.64. The van der Waals surface area contributed by atoms with Crippen LogP contribution in [0, 0.1) is 6.92 Å². The lowest BCUT2D eigenvalue weighted by molar-refractivity contribution is -0.128. The van der Waals surface area contributed by atoms with Crippen LogP contribution in [0.1, 0.15) is 16.7 Å². The minimum absolute atomic E-state index is 0.0683. The zero-order chi connectivity index (χ0) is 24.3. The standard InChI is InChI=1S/C25H21Cl3N2O3S/c1-17-11-13-19(14-12-17)34(32,33)30-21-10-6-5-9-20(21)24(22(30)26)16-29(23(31)25(24,27)28)15-18-7-3-2-4-8-18/h2-14,22H,15-16H2,1H3. The number of nitrogens with zero attached hydrogens (tertiary/aromatic N) is 2. The third-order valence-corrected chi connectivity index (χ3v) is 10.1. The molecule has 5 rings (SSSR count). The number of likely N-dealkylation sites (tertiary alicyclic amines) is 1. The number of rotatable bonds is 4. The topological polar surface area (TPSA) is 57.7 Å². The van der Waals surface area contributed by atoms with Gasteiger partial charge in [-0.05, 0) is 36.2 Å². The molecule has 0 N–H and O–H groups in total. The van der Waals surface area contributed by atoms with Gasteiger partial charge >= 0.3 is 0 Å². The summed E-state index contributed by atoms with van der Waals surface area (Å²) in [5.41, 5.74) is 0.119. The van der Waals surface area contributed by atoms with Crippen LogP contribution in [0.25, 0.3) is 0 Å². The van der Waals surface area contributed by atoms with Crippen LogP contribution in [0.15, 0.2) is 83.8 Å². The van der Waals surface area contributed by atoms with Crippen LogP contribution < -0.4 is 4.31 Å². The minimum atomic E-state index is -4.07. The van der Waals surface area contributed by atoms with Crippen LogP contribution in [-0.2, 0) is 26.8 Å². The highest BCUT2D eigenvalue weighted by molar-refractivity contribution is 7.93. The smallest absolute Gasteiger partial charge is 0.265 e. The number of carbonyl (C=O) groups excluding carboxylic acids is 1. The van der Waals surface area contributed by atoms with E-state index in [1.54, 1.807) is 41.3 Å². The molecule has 1 fully saturated rings. The predicted octanol–water partition coefficient (Wildman–Crippen LogP) is 5.22. The monoisotopic (exact) mass is 534 g/mol. The van der Waals surface area contributed by atoms with Gasteiger partial charge in [-0.25, -0.2) is 12.7 Å². The number of para-hydroxylation sites is 1. The maximum atomic E-state index is 13.8. The average molecular weight is 536 g/mol. The lowest BCUT2D eigenvalue weighted by Gasteiger charge is -2.36. The summed E-state index contributed by atoms with van der Waals surface area (Å²) in [6.07, 6.45) is 0. The van der Waals surface area contributed by atoms with Crippen molar-refractivity contribution in [2.45, 2.75) is 33.6 Å². The molecule has 0 radical (unpaired) electrons. The molecule has 2 atom stereocenters. The zero-order valence-corrected chi connectivity index (χ0v) is 21.2. The van der Waals surface area contributed by atoms with Crippen molar-refractivity contribution in [3.05, 3.63) is 95.6 Å². The lowest BCUT2D eigenvalue weighted by atomic mass is 9.80. The van der Waals surface area contributed by atoms with Crippen LogP contribution >= 0.6 is 34.8 Å². The number of aryl methyl sites for hydroxylation is 1. The van der Waals surface area contributed by atoms with E-state index in [9.17, 15) is 13.2 Å². The van der Waals surface area contributed by atoms with E-state index in [-0.39, 0.29) is 18.0 Å². The molecule has 0 aromatic heterocycles. The number of hydrogen-bond acceptors (Lipinski definition) is 3. The second kappa shape index (κ2) is 8.16. The van der Waals surface area contributed by atoms with Gasteiger partial charge < -0.3 is 4.90 Å². The summed E-state index contributed by atoms with van der Waals surface area (Å²) in [6, 6.07) is 22.9. The summed E-state index contributed by atoms with van der Waals surface area (Å²) in [7, 11) is -4.07. The molecule has 2 aliphatic heterocycles. The van der Waals surface area contributed by atoms with Crippen molar-refractivity contribution in [3.63, 3.8) is 0 Å². The molecule has 34 heavy (non-hydrogen) atoms. The van der Waals surface area contributed by atoms with Gasteiger partial charge in [0.2, 0.25) is 4.33 Å². The molecular formula is C25H21Cl3N2O3S. The first-order valence-electron chi connectivity index (χ1n) is 10.7. The number of anilines is 1. The Bertz CT molecular complexity index is 1360. The van der Waals surface area contributed by atoms with Gasteiger partial charge in [-0.3, -0.25) is 4.79 Å². The number of sulfonamides is 1. The van der Waals surface area contributed by atoms with E-state index >= 15 is 0 Å². The van der Waals surface area contributed by atoms with Crippen LogP contribution in [0.3, 0.4) is 0 Å². The number of hydrogen-bond donors (Lipinski definition) is 0. The van der Waals surface area contributed by atoms with Crippen molar-refractivity contribution in [2.24, 2.45) is 0 Å². The Morgan fingerprint density at radius 1 is 0.941 bits per heavy atom. The van der Waals surface area contributed by atoms with Gasteiger partial charge in [-0.2, -0.15) is 0 Å². The summed E-state index contributed by atoms with van der Waals surface area (Å²) in [6.45, 7) is 2.22. The third-order valence-electron chi connectivity index (χ3n) is 6.59. The van der Waals surface area contributed by atoms with Crippen molar-refractivity contribution in [1.29, 1.82) is 0 Å². The van der Waals surface area contributed by atoms with E-state index in [1.165, 1.54) is 12.1 Å².